The van der Waals surface area contributed by atoms with Crippen molar-refractivity contribution in [1.29, 1.82) is 0 Å². The van der Waals surface area contributed by atoms with Crippen molar-refractivity contribution in [3.63, 3.8) is 0 Å². The Morgan fingerprint density at radius 3 is 2.35 bits per heavy atom. The summed E-state index contributed by atoms with van der Waals surface area (Å²) in [6.45, 7) is 0.202. The average Bonchev–Trinajstić information content (AvgIpc) is 3.75. The van der Waals surface area contributed by atoms with E-state index in [4.69, 9.17) is 22.2 Å². The second-order valence-electron chi connectivity index (χ2n) is 12.6. The van der Waals surface area contributed by atoms with Gasteiger partial charge in [-0.1, -0.05) is 28.5 Å². The third-order valence-electron chi connectivity index (χ3n) is 8.46. The number of phenols is 2. The van der Waals surface area contributed by atoms with Crippen LogP contribution in [-0.2, 0) is 43.2 Å². The van der Waals surface area contributed by atoms with Gasteiger partial charge in [-0.05, 0) is 26.0 Å². The summed E-state index contributed by atoms with van der Waals surface area (Å²) < 4.78 is 0. The van der Waals surface area contributed by atoms with Crippen LogP contribution >= 0.6 is 34.7 Å². The van der Waals surface area contributed by atoms with Crippen LogP contribution in [0.4, 0.5) is 5.13 Å². The maximum atomic E-state index is 13.4. The van der Waals surface area contributed by atoms with E-state index in [9.17, 15) is 63.6 Å². The minimum Gasteiger partial charge on any atom is -0.504 e. The summed E-state index contributed by atoms with van der Waals surface area (Å²) >= 11 is 7.35. The molecule has 5 rings (SSSR count). The molecule has 1 aromatic carbocycles. The Labute approximate surface area is 332 Å². The number of carboxylic acids is 2. The molecule has 3 atom stereocenters. The molecular formula is C30H31ClN10O14S2. The molecule has 3 aliphatic heterocycles. The van der Waals surface area contributed by atoms with Crippen LogP contribution < -0.4 is 27.1 Å². The highest BCUT2D eigenvalue weighted by atomic mass is 35.5. The van der Waals surface area contributed by atoms with Crippen LogP contribution in [0.5, 0.6) is 11.5 Å². The maximum Gasteiger partial charge on any atom is 0.350 e. The fourth-order valence-electron chi connectivity index (χ4n) is 5.33. The summed E-state index contributed by atoms with van der Waals surface area (Å²) in [6, 6.07) is 0.790. The molecule has 1 aromatic heterocycles. The number of aliphatic carboxylic acids is 2. The number of carbonyl (C=O) groups is 9. The van der Waals surface area contributed by atoms with Gasteiger partial charge in [-0.3, -0.25) is 39.0 Å². The number of aromatic hydroxyl groups is 2. The van der Waals surface area contributed by atoms with Crippen molar-refractivity contribution in [2.45, 2.75) is 35.7 Å². The van der Waals surface area contributed by atoms with Gasteiger partial charge in [0.25, 0.3) is 11.8 Å². The number of nitrogen functional groups attached to an aromatic ring is 1. The van der Waals surface area contributed by atoms with E-state index in [-0.39, 0.29) is 29.5 Å². The number of halogens is 1. The van der Waals surface area contributed by atoms with E-state index in [1.54, 1.807) is 0 Å². The van der Waals surface area contributed by atoms with Crippen LogP contribution in [0.1, 0.15) is 29.9 Å². The van der Waals surface area contributed by atoms with Crippen LogP contribution in [0.3, 0.4) is 0 Å². The lowest BCUT2D eigenvalue weighted by Gasteiger charge is -2.41. The molecule has 57 heavy (non-hydrogen) atoms. The number of thioether (sulfide) groups is 1. The first-order valence-corrected chi connectivity index (χ1v) is 18.3. The molecule has 2 aromatic rings. The monoisotopic (exact) mass is 854 g/mol. The number of carbonyl (C=O) groups excluding carboxylic acids is 7. The lowest BCUT2D eigenvalue weighted by atomic mass is 10.0. The number of rotatable bonds is 13. The van der Waals surface area contributed by atoms with E-state index < -0.39 is 117 Å². The van der Waals surface area contributed by atoms with Gasteiger partial charge >= 0.3 is 35.6 Å². The van der Waals surface area contributed by atoms with Crippen LogP contribution in [0.25, 0.3) is 0 Å². The van der Waals surface area contributed by atoms with Crippen LogP contribution in [0.15, 0.2) is 22.7 Å². The molecule has 10 N–H and O–H groups in total. The number of phenolic OH excluding ortho intramolecular Hbond substituents is 2. The van der Waals surface area contributed by atoms with Gasteiger partial charge in [0.15, 0.2) is 22.3 Å². The molecule has 0 radical (unpaired) electrons. The summed E-state index contributed by atoms with van der Waals surface area (Å²) in [4.78, 5) is 123. The number of hydrazine groups is 1. The van der Waals surface area contributed by atoms with Crippen molar-refractivity contribution in [1.82, 2.24) is 41.2 Å². The number of anilines is 1. The number of oxime groups is 1. The third-order valence-corrected chi connectivity index (χ3v) is 11.2. The topological polar surface area (TPSA) is 353 Å². The average molecular weight is 855 g/mol. The molecule has 3 saturated heterocycles. The number of nitrogens with zero attached hydrogens (tertiary/aromatic N) is 5. The molecule has 0 spiro atoms. The molecule has 3 aliphatic rings. The number of hydrogen-bond acceptors (Lipinski definition) is 17. The van der Waals surface area contributed by atoms with Gasteiger partial charge in [0.05, 0.1) is 23.7 Å². The van der Waals surface area contributed by atoms with Gasteiger partial charge in [0.2, 0.25) is 16.4 Å². The Hall–Kier alpha value is -6.41. The highest BCUT2D eigenvalue weighted by Crippen LogP contribution is 2.49. The van der Waals surface area contributed by atoms with Gasteiger partial charge < -0.3 is 56.7 Å². The summed E-state index contributed by atoms with van der Waals surface area (Å²) in [5.41, 5.74) is 4.89. The Morgan fingerprint density at radius 1 is 1.04 bits per heavy atom. The largest absolute Gasteiger partial charge is 0.504 e. The highest BCUT2D eigenvalue weighted by Gasteiger charge is 2.66. The zero-order valence-corrected chi connectivity index (χ0v) is 31.7. The summed E-state index contributed by atoms with van der Waals surface area (Å²) in [5.74, 6) is -12.4. The number of nitrogens with one attached hydrogen (secondary N) is 4. The van der Waals surface area contributed by atoms with Gasteiger partial charge in [-0.25, -0.2) is 19.6 Å². The second kappa shape index (κ2) is 16.0. The molecule has 7 amide bonds. The minimum absolute atomic E-state index is 0.0224. The number of β-lactam (4-membered cyclic amide) rings is 1. The van der Waals surface area contributed by atoms with Gasteiger partial charge in [-0.2, -0.15) is 0 Å². The first kappa shape index (κ1) is 41.7. The first-order chi connectivity index (χ1) is 26.7. The van der Waals surface area contributed by atoms with Gasteiger partial charge in [0, 0.05) is 25.0 Å². The fraction of sp³-hybridized carbons (Fsp3) is 0.367. The quantitative estimate of drug-likeness (QED) is 0.0239. The van der Waals surface area contributed by atoms with Crippen molar-refractivity contribution < 1.29 is 68.4 Å². The highest BCUT2D eigenvalue weighted by molar-refractivity contribution is 8.02. The molecule has 304 valence electrons. The number of benzene rings is 1. The smallest absolute Gasteiger partial charge is 0.350 e. The van der Waals surface area contributed by atoms with Gasteiger partial charge in [-0.15, -0.1) is 11.3 Å². The van der Waals surface area contributed by atoms with Crippen LogP contribution in [0.2, 0.25) is 5.02 Å². The van der Waals surface area contributed by atoms with Crippen molar-refractivity contribution >= 4 is 98.8 Å². The molecule has 3 fully saturated rings. The van der Waals surface area contributed by atoms with Crippen molar-refractivity contribution in [2.24, 2.45) is 5.16 Å². The summed E-state index contributed by atoms with van der Waals surface area (Å²) in [7, 11) is 0. The lowest BCUT2D eigenvalue weighted by Crippen LogP contribution is -2.69. The van der Waals surface area contributed by atoms with Crippen molar-refractivity contribution in [2.75, 3.05) is 38.5 Å². The number of nitrogens with two attached hydrogens (primary N) is 1. The van der Waals surface area contributed by atoms with E-state index in [0.29, 0.717) is 21.7 Å². The molecule has 0 bridgehead atoms. The zero-order valence-electron chi connectivity index (χ0n) is 29.3. The lowest BCUT2D eigenvalue weighted by molar-refractivity contribution is -0.168. The third kappa shape index (κ3) is 8.12. The van der Waals surface area contributed by atoms with E-state index in [1.807, 2.05) is 5.43 Å². The van der Waals surface area contributed by atoms with Crippen LogP contribution in [-0.4, -0.2) is 154 Å². The van der Waals surface area contributed by atoms with Gasteiger partial charge in [0.1, 0.15) is 17.1 Å². The molecule has 4 heterocycles. The maximum absolute atomic E-state index is 13.4. The number of fused-ring (bicyclic) bond motifs is 1. The normalized spacial score (nSPS) is 20.6. The molecule has 24 nitrogen and oxygen atoms in total. The second-order valence-corrected chi connectivity index (χ2v) is 15.3. The number of aromatic nitrogens is 1. The fourth-order valence-corrected chi connectivity index (χ4v) is 7.77. The van der Waals surface area contributed by atoms with Crippen molar-refractivity contribution in [3.05, 3.63) is 33.8 Å². The summed E-state index contributed by atoms with van der Waals surface area (Å²) in [5, 5.41) is 49.8. The van der Waals surface area contributed by atoms with Crippen LogP contribution in [0, 0.1) is 0 Å². The summed E-state index contributed by atoms with van der Waals surface area (Å²) in [6.07, 6.45) is 0. The molecular weight excluding hydrogens is 824 g/mol. The minimum atomic E-state index is -2.23. The Morgan fingerprint density at radius 2 is 1.72 bits per heavy atom. The first-order valence-electron chi connectivity index (χ1n) is 16.1. The van der Waals surface area contributed by atoms with E-state index >= 15 is 0 Å². The standard InChI is InChI=1S/C30H31ClN10O14S2/c1-29(2,26(51)52)55-38-15(12-9-56-28(32)35-12)19(45)36-16-22(48)39-10-30(27(53)54,57-25(16)39)40-7-8-41(24(50)23(40)49)37-21(47)20(46)34-6-5-33-18(44)11-3-4-13(42)17(43)14(11)31/h3-4,9,16,25,42-43H,5-8,10H2,1-2H3,(H2,32,35)(H,33,44)(H,34,46)(H,36,45)(H,37,47)(H,51,52)(H,53,54)/b38-15-/t16-,25?,30-/m1/s1. The Balaban J connectivity index is 1.18. The van der Waals surface area contributed by atoms with Crippen molar-refractivity contribution in [3.8, 4) is 11.5 Å². The number of piperazine rings is 1. The SMILES string of the molecule is CC(C)(O/N=C(\C(=O)N[C@@H]1C(=O)N2C[C@@](C(=O)O)(N3CCN(NC(=O)C(=O)NCCNC(=O)c4ccc(O)c(O)c4Cl)C(=O)C3=O)SC12)c1csc(N)n1)C(=O)O. The Bertz CT molecular complexity index is 2130. The van der Waals surface area contributed by atoms with E-state index in [2.05, 4.69) is 26.1 Å². The molecule has 27 heteroatoms. The number of amides is 7. The predicted octanol–water partition coefficient (Wildman–Crippen LogP) is -3.20. The zero-order chi connectivity index (χ0) is 42.1. The molecule has 0 saturated carbocycles. The van der Waals surface area contributed by atoms with E-state index in [0.717, 1.165) is 42.2 Å². The predicted molar refractivity (Wildman–Crippen MR) is 193 cm³/mol. The number of hydrogen-bond donors (Lipinski definition) is 9. The molecule has 0 aliphatic carbocycles. The molecule has 1 unspecified atom stereocenters. The number of thiazole rings is 1. The van der Waals surface area contributed by atoms with E-state index in [1.165, 1.54) is 5.38 Å². The Kier molecular flexibility index (Phi) is 11.7. The number of carboxylic acid groups (broad SMARTS) is 2.